The quantitative estimate of drug-likeness (QED) is 0.820. The lowest BCUT2D eigenvalue weighted by Gasteiger charge is -2.05. The molecular weight excluding hydrogens is 263 g/mol. The maximum Gasteiger partial charge on any atom is 0.142 e. The lowest BCUT2D eigenvalue weighted by atomic mass is 9.99. The Labute approximate surface area is 117 Å². The number of aryl methyl sites for hydroxylation is 1. The number of carbonyl (C=O) groups is 1. The maximum atomic E-state index is 13.3. The molecule has 98 valence electrons. The van der Waals surface area contributed by atoms with Gasteiger partial charge in [-0.05, 0) is 35.7 Å². The van der Waals surface area contributed by atoms with Crippen LogP contribution >= 0.6 is 11.6 Å². The number of rotatable bonds is 4. The molecule has 0 aliphatic carbocycles. The number of ketones is 1. The van der Waals surface area contributed by atoms with Crippen molar-refractivity contribution in [2.24, 2.45) is 0 Å². The molecule has 0 radical (unpaired) electrons. The van der Waals surface area contributed by atoms with Gasteiger partial charge in [0, 0.05) is 12.8 Å². The van der Waals surface area contributed by atoms with Crippen molar-refractivity contribution < 1.29 is 9.18 Å². The molecule has 0 N–H and O–H groups in total. The molecule has 0 atom stereocenters. The Morgan fingerprint density at radius 3 is 2.58 bits per heavy atom. The summed E-state index contributed by atoms with van der Waals surface area (Å²) in [6.07, 6.45) is 0.597. The van der Waals surface area contributed by atoms with E-state index in [1.807, 2.05) is 31.2 Å². The number of Topliss-reactive ketones (excluding diaryl/α,β-unsaturated/α-hetero) is 1. The zero-order valence-corrected chi connectivity index (χ0v) is 11.4. The van der Waals surface area contributed by atoms with Crippen LogP contribution in [0.3, 0.4) is 0 Å². The van der Waals surface area contributed by atoms with E-state index in [4.69, 9.17) is 11.6 Å². The van der Waals surface area contributed by atoms with Crippen molar-refractivity contribution >= 4 is 17.4 Å². The van der Waals surface area contributed by atoms with Crippen LogP contribution in [0.4, 0.5) is 4.39 Å². The molecule has 0 heterocycles. The Balaban J connectivity index is 2.05. The molecule has 0 bridgehead atoms. The van der Waals surface area contributed by atoms with Crippen molar-refractivity contribution in [1.29, 1.82) is 0 Å². The molecule has 0 saturated carbocycles. The SMILES string of the molecule is Cc1ccccc1CC(=O)Cc1ccc(Cl)c(F)c1. The average Bonchev–Trinajstić information content (AvgIpc) is 2.37. The van der Waals surface area contributed by atoms with E-state index < -0.39 is 5.82 Å². The highest BCUT2D eigenvalue weighted by molar-refractivity contribution is 6.30. The summed E-state index contributed by atoms with van der Waals surface area (Å²) in [6.45, 7) is 1.98. The first-order valence-corrected chi connectivity index (χ1v) is 6.44. The zero-order chi connectivity index (χ0) is 13.8. The first-order valence-electron chi connectivity index (χ1n) is 6.06. The monoisotopic (exact) mass is 276 g/mol. The van der Waals surface area contributed by atoms with Crippen LogP contribution < -0.4 is 0 Å². The minimum atomic E-state index is -0.483. The van der Waals surface area contributed by atoms with E-state index in [2.05, 4.69) is 0 Å². The molecule has 0 aliphatic heterocycles. The highest BCUT2D eigenvalue weighted by Crippen LogP contribution is 2.17. The van der Waals surface area contributed by atoms with Gasteiger partial charge in [0.05, 0.1) is 5.02 Å². The van der Waals surface area contributed by atoms with E-state index in [1.165, 1.54) is 12.1 Å². The Bertz CT molecular complexity index is 607. The van der Waals surface area contributed by atoms with Gasteiger partial charge in [0.1, 0.15) is 11.6 Å². The Kier molecular flexibility index (Phi) is 4.33. The molecule has 0 unspecified atom stereocenters. The molecule has 0 amide bonds. The van der Waals surface area contributed by atoms with Crippen LogP contribution in [0.15, 0.2) is 42.5 Å². The lowest BCUT2D eigenvalue weighted by molar-refractivity contribution is -0.117. The van der Waals surface area contributed by atoms with E-state index in [0.29, 0.717) is 12.0 Å². The summed E-state index contributed by atoms with van der Waals surface area (Å²) >= 11 is 5.61. The predicted octanol–water partition coefficient (Wildman–Crippen LogP) is 4.14. The average molecular weight is 277 g/mol. The first kappa shape index (κ1) is 13.8. The summed E-state index contributed by atoms with van der Waals surface area (Å²) in [5.41, 5.74) is 2.76. The van der Waals surface area contributed by atoms with Crippen LogP contribution in [0.1, 0.15) is 16.7 Å². The minimum absolute atomic E-state index is 0.0658. The third-order valence-corrected chi connectivity index (χ3v) is 3.34. The van der Waals surface area contributed by atoms with Crippen molar-refractivity contribution in [3.8, 4) is 0 Å². The van der Waals surface area contributed by atoms with E-state index >= 15 is 0 Å². The highest BCUT2D eigenvalue weighted by Gasteiger charge is 2.08. The molecule has 3 heteroatoms. The Morgan fingerprint density at radius 1 is 1.16 bits per heavy atom. The maximum absolute atomic E-state index is 13.3. The van der Waals surface area contributed by atoms with Gasteiger partial charge < -0.3 is 0 Å². The number of hydrogen-bond acceptors (Lipinski definition) is 1. The molecule has 0 aromatic heterocycles. The van der Waals surface area contributed by atoms with E-state index in [0.717, 1.165) is 11.1 Å². The summed E-state index contributed by atoms with van der Waals surface area (Å²) in [7, 11) is 0. The van der Waals surface area contributed by atoms with Crippen LogP contribution in [0.2, 0.25) is 5.02 Å². The smallest absolute Gasteiger partial charge is 0.142 e. The number of benzene rings is 2. The third-order valence-electron chi connectivity index (χ3n) is 3.03. The number of hydrogen-bond donors (Lipinski definition) is 0. The second kappa shape index (κ2) is 5.98. The van der Waals surface area contributed by atoms with Gasteiger partial charge in [0.25, 0.3) is 0 Å². The fourth-order valence-corrected chi connectivity index (χ4v) is 2.08. The zero-order valence-electron chi connectivity index (χ0n) is 10.6. The van der Waals surface area contributed by atoms with Crippen molar-refractivity contribution in [3.05, 3.63) is 70.0 Å². The van der Waals surface area contributed by atoms with Crippen LogP contribution in [0.5, 0.6) is 0 Å². The van der Waals surface area contributed by atoms with Gasteiger partial charge >= 0.3 is 0 Å². The van der Waals surface area contributed by atoms with Gasteiger partial charge in [-0.15, -0.1) is 0 Å². The largest absolute Gasteiger partial charge is 0.299 e. The Morgan fingerprint density at radius 2 is 1.89 bits per heavy atom. The van der Waals surface area contributed by atoms with Gasteiger partial charge in [-0.3, -0.25) is 4.79 Å². The van der Waals surface area contributed by atoms with Crippen molar-refractivity contribution in [3.63, 3.8) is 0 Å². The van der Waals surface area contributed by atoms with Gasteiger partial charge in [-0.25, -0.2) is 4.39 Å². The molecule has 2 aromatic rings. The molecule has 0 saturated heterocycles. The fraction of sp³-hybridized carbons (Fsp3) is 0.188. The molecular formula is C16H14ClFO. The van der Waals surface area contributed by atoms with E-state index in [1.54, 1.807) is 6.07 Å². The molecule has 2 aromatic carbocycles. The normalized spacial score (nSPS) is 10.5. The summed E-state index contributed by atoms with van der Waals surface area (Å²) < 4.78 is 13.3. The fourth-order valence-electron chi connectivity index (χ4n) is 1.96. The summed E-state index contributed by atoms with van der Waals surface area (Å²) in [5.74, 6) is -0.418. The third kappa shape index (κ3) is 3.65. The molecule has 0 fully saturated rings. The van der Waals surface area contributed by atoms with E-state index in [-0.39, 0.29) is 17.2 Å². The molecule has 0 aliphatic rings. The second-order valence-electron chi connectivity index (χ2n) is 4.57. The summed E-state index contributed by atoms with van der Waals surface area (Å²) in [5, 5.41) is 0.0788. The van der Waals surface area contributed by atoms with Crippen LogP contribution in [0.25, 0.3) is 0 Å². The number of halogens is 2. The predicted molar refractivity (Wildman–Crippen MR) is 75.0 cm³/mol. The minimum Gasteiger partial charge on any atom is -0.299 e. The summed E-state index contributed by atoms with van der Waals surface area (Å²) in [6, 6.07) is 12.3. The number of carbonyl (C=O) groups excluding carboxylic acids is 1. The molecule has 0 spiro atoms. The topological polar surface area (TPSA) is 17.1 Å². The van der Waals surface area contributed by atoms with Crippen molar-refractivity contribution in [2.45, 2.75) is 19.8 Å². The molecule has 1 nitrogen and oxygen atoms in total. The van der Waals surface area contributed by atoms with Crippen molar-refractivity contribution in [2.75, 3.05) is 0 Å². The summed E-state index contributed by atoms with van der Waals surface area (Å²) in [4.78, 5) is 12.0. The van der Waals surface area contributed by atoms with Gasteiger partial charge in [0.15, 0.2) is 0 Å². The van der Waals surface area contributed by atoms with E-state index in [9.17, 15) is 9.18 Å². The van der Waals surface area contributed by atoms with Gasteiger partial charge in [-0.2, -0.15) is 0 Å². The molecule has 19 heavy (non-hydrogen) atoms. The van der Waals surface area contributed by atoms with Crippen LogP contribution in [-0.4, -0.2) is 5.78 Å². The second-order valence-corrected chi connectivity index (χ2v) is 4.97. The van der Waals surface area contributed by atoms with Gasteiger partial charge in [0.2, 0.25) is 0 Å². The van der Waals surface area contributed by atoms with Crippen LogP contribution in [-0.2, 0) is 17.6 Å². The highest BCUT2D eigenvalue weighted by atomic mass is 35.5. The van der Waals surface area contributed by atoms with Crippen molar-refractivity contribution in [1.82, 2.24) is 0 Å². The molecule has 2 rings (SSSR count). The first-order chi connectivity index (χ1) is 9.06. The van der Waals surface area contributed by atoms with Crippen LogP contribution in [0, 0.1) is 12.7 Å². The Hall–Kier alpha value is -1.67. The van der Waals surface area contributed by atoms with Gasteiger partial charge in [-0.1, -0.05) is 41.9 Å². The standard InChI is InChI=1S/C16H14ClFO/c1-11-4-2-3-5-13(11)10-14(19)8-12-6-7-15(17)16(18)9-12/h2-7,9H,8,10H2,1H3. The lowest BCUT2D eigenvalue weighted by Crippen LogP contribution is -2.07.